The Morgan fingerprint density at radius 3 is 2.82 bits per heavy atom. The van der Waals surface area contributed by atoms with E-state index in [9.17, 15) is 0 Å². The van der Waals surface area contributed by atoms with E-state index in [1.807, 2.05) is 0 Å². The Labute approximate surface area is 99.4 Å². The van der Waals surface area contributed by atoms with Gasteiger partial charge in [0.1, 0.15) is 0 Å². The summed E-state index contributed by atoms with van der Waals surface area (Å²) in [5.74, 6) is 0. The summed E-state index contributed by atoms with van der Waals surface area (Å²) in [6.07, 6.45) is 4.60. The minimum Gasteiger partial charge on any atom is -0.309 e. The topological polar surface area (TPSA) is 12.0 Å². The number of fused-ring (bicyclic) bond motifs is 4. The van der Waals surface area contributed by atoms with Gasteiger partial charge in [-0.25, -0.2) is 0 Å². The zero-order valence-electron chi connectivity index (χ0n) is 9.53. The van der Waals surface area contributed by atoms with Crippen LogP contribution in [0, 0.1) is 10.4 Å². The molecule has 2 aromatic rings. The number of nitrogens with one attached hydrogen (secondary N) is 1. The molecule has 0 spiro atoms. The SMILES string of the molecule is C1=c2ccc3c(c2CNC1)C=c1ccccc1=3. The normalized spacial score (nSPS) is 15.3. The highest BCUT2D eigenvalue weighted by Crippen LogP contribution is 2.13. The molecule has 1 aliphatic carbocycles. The predicted octanol–water partition coefficient (Wildman–Crippen LogP) is 0.999. The van der Waals surface area contributed by atoms with Crippen LogP contribution in [0.2, 0.25) is 0 Å². The summed E-state index contributed by atoms with van der Waals surface area (Å²) in [6.45, 7) is 1.97. The third-order valence-corrected chi connectivity index (χ3v) is 3.71. The Balaban J connectivity index is 2.25. The highest BCUT2D eigenvalue weighted by molar-refractivity contribution is 5.61. The Morgan fingerprint density at radius 2 is 1.82 bits per heavy atom. The summed E-state index contributed by atoms with van der Waals surface area (Å²) in [4.78, 5) is 0. The quantitative estimate of drug-likeness (QED) is 0.595. The first-order valence-corrected chi connectivity index (χ1v) is 6.07. The van der Waals surface area contributed by atoms with Crippen LogP contribution in [0.5, 0.6) is 0 Å². The molecule has 1 nitrogen and oxygen atoms in total. The molecule has 82 valence electrons. The van der Waals surface area contributed by atoms with Crippen molar-refractivity contribution >= 4 is 12.2 Å². The smallest absolute Gasteiger partial charge is 0.0220 e. The van der Waals surface area contributed by atoms with Gasteiger partial charge >= 0.3 is 0 Å². The van der Waals surface area contributed by atoms with E-state index in [2.05, 4.69) is 53.9 Å². The van der Waals surface area contributed by atoms with Crippen molar-refractivity contribution in [1.82, 2.24) is 5.32 Å². The number of hydrogen-bond acceptors (Lipinski definition) is 1. The molecule has 1 heterocycles. The van der Waals surface area contributed by atoms with Crippen molar-refractivity contribution in [3.8, 4) is 0 Å². The second-order valence-electron chi connectivity index (χ2n) is 4.66. The summed E-state index contributed by atoms with van der Waals surface area (Å²) in [7, 11) is 0. The van der Waals surface area contributed by atoms with Gasteiger partial charge in [-0.05, 0) is 38.1 Å². The van der Waals surface area contributed by atoms with Crippen LogP contribution >= 0.6 is 0 Å². The van der Waals surface area contributed by atoms with Crippen molar-refractivity contribution in [2.24, 2.45) is 0 Å². The molecule has 0 radical (unpaired) electrons. The standard InChI is InChI=1S/C16H13N/c1-2-4-13-12(3-1)9-15-14(13)6-5-11-7-8-17-10-16(11)15/h1-7,9,17H,8,10H2. The highest BCUT2D eigenvalue weighted by atomic mass is 14.8. The van der Waals surface area contributed by atoms with Gasteiger partial charge in [0.05, 0.1) is 0 Å². The van der Waals surface area contributed by atoms with Gasteiger partial charge in [0.15, 0.2) is 0 Å². The van der Waals surface area contributed by atoms with Crippen LogP contribution in [0.3, 0.4) is 0 Å². The molecule has 0 bridgehead atoms. The van der Waals surface area contributed by atoms with Crippen molar-refractivity contribution in [3.63, 3.8) is 0 Å². The van der Waals surface area contributed by atoms with Gasteiger partial charge in [0.25, 0.3) is 0 Å². The largest absolute Gasteiger partial charge is 0.309 e. The molecular weight excluding hydrogens is 206 g/mol. The fraction of sp³-hybridized carbons (Fsp3) is 0.125. The van der Waals surface area contributed by atoms with Crippen LogP contribution in [-0.4, -0.2) is 6.54 Å². The van der Waals surface area contributed by atoms with Crippen molar-refractivity contribution in [1.29, 1.82) is 0 Å². The van der Waals surface area contributed by atoms with Gasteiger partial charge < -0.3 is 5.32 Å². The molecule has 0 amide bonds. The molecule has 2 aromatic carbocycles. The van der Waals surface area contributed by atoms with Crippen molar-refractivity contribution in [2.45, 2.75) is 6.54 Å². The predicted molar refractivity (Wildman–Crippen MR) is 69.5 cm³/mol. The molecule has 17 heavy (non-hydrogen) atoms. The molecule has 1 aliphatic heterocycles. The number of hydrogen-bond donors (Lipinski definition) is 1. The van der Waals surface area contributed by atoms with E-state index in [1.54, 1.807) is 0 Å². The Morgan fingerprint density at radius 1 is 0.882 bits per heavy atom. The first kappa shape index (κ1) is 9.20. The van der Waals surface area contributed by atoms with Crippen LogP contribution in [0.1, 0.15) is 11.1 Å². The van der Waals surface area contributed by atoms with Crippen LogP contribution in [0.25, 0.3) is 12.2 Å². The molecule has 0 saturated carbocycles. The Hall–Kier alpha value is -1.86. The zero-order valence-corrected chi connectivity index (χ0v) is 9.53. The molecule has 2 aliphatic rings. The monoisotopic (exact) mass is 219 g/mol. The first-order chi connectivity index (χ1) is 8.43. The van der Waals surface area contributed by atoms with Gasteiger partial charge in [-0.1, -0.05) is 42.5 Å². The van der Waals surface area contributed by atoms with Crippen molar-refractivity contribution < 1.29 is 0 Å². The van der Waals surface area contributed by atoms with Gasteiger partial charge in [-0.2, -0.15) is 0 Å². The molecule has 4 rings (SSSR count). The number of benzene rings is 2. The minimum absolute atomic E-state index is 0.985. The van der Waals surface area contributed by atoms with Crippen LogP contribution in [0.4, 0.5) is 0 Å². The van der Waals surface area contributed by atoms with Crippen LogP contribution in [-0.2, 0) is 6.54 Å². The van der Waals surface area contributed by atoms with E-state index in [4.69, 9.17) is 0 Å². The molecule has 0 fully saturated rings. The Kier molecular flexibility index (Phi) is 1.79. The van der Waals surface area contributed by atoms with Crippen LogP contribution in [0.15, 0.2) is 36.4 Å². The lowest BCUT2D eigenvalue weighted by Crippen LogP contribution is -2.27. The second-order valence-corrected chi connectivity index (χ2v) is 4.66. The van der Waals surface area contributed by atoms with Gasteiger partial charge in [-0.15, -0.1) is 0 Å². The molecule has 1 heteroatoms. The maximum atomic E-state index is 3.42. The molecule has 1 N–H and O–H groups in total. The average Bonchev–Trinajstić information content (AvgIpc) is 2.78. The van der Waals surface area contributed by atoms with E-state index in [0.29, 0.717) is 0 Å². The summed E-state index contributed by atoms with van der Waals surface area (Å²) in [5, 5.41) is 8.92. The van der Waals surface area contributed by atoms with Gasteiger partial charge in [0, 0.05) is 13.1 Å². The van der Waals surface area contributed by atoms with E-state index >= 15 is 0 Å². The first-order valence-electron chi connectivity index (χ1n) is 6.07. The third kappa shape index (κ3) is 1.23. The highest BCUT2D eigenvalue weighted by Gasteiger charge is 2.10. The van der Waals surface area contributed by atoms with Crippen molar-refractivity contribution in [3.05, 3.63) is 68.4 Å². The second kappa shape index (κ2) is 3.31. The summed E-state index contributed by atoms with van der Waals surface area (Å²) in [5.41, 5.74) is 2.86. The number of rotatable bonds is 0. The molecule has 0 unspecified atom stereocenters. The van der Waals surface area contributed by atoms with Crippen LogP contribution < -0.4 is 15.8 Å². The van der Waals surface area contributed by atoms with E-state index in [-0.39, 0.29) is 0 Å². The zero-order chi connectivity index (χ0) is 11.2. The lowest BCUT2D eigenvalue weighted by atomic mass is 10.0. The maximum absolute atomic E-state index is 3.42. The Bertz CT molecular complexity index is 816. The van der Waals surface area contributed by atoms with Gasteiger partial charge in [0.2, 0.25) is 0 Å². The maximum Gasteiger partial charge on any atom is 0.0220 e. The summed E-state index contributed by atoms with van der Waals surface area (Å²) in [6, 6.07) is 13.2. The van der Waals surface area contributed by atoms with E-state index < -0.39 is 0 Å². The molecular formula is C16H13N. The van der Waals surface area contributed by atoms with E-state index in [0.717, 1.165) is 13.1 Å². The summed E-state index contributed by atoms with van der Waals surface area (Å²) < 4.78 is 0. The van der Waals surface area contributed by atoms with Gasteiger partial charge in [-0.3, -0.25) is 0 Å². The lowest BCUT2D eigenvalue weighted by Gasteiger charge is -2.12. The summed E-state index contributed by atoms with van der Waals surface area (Å²) >= 11 is 0. The lowest BCUT2D eigenvalue weighted by molar-refractivity contribution is 0.752. The molecule has 0 atom stereocenters. The third-order valence-electron chi connectivity index (χ3n) is 3.71. The van der Waals surface area contributed by atoms with E-state index in [1.165, 1.54) is 32.0 Å². The molecule has 0 aromatic heterocycles. The molecule has 0 saturated heterocycles. The average molecular weight is 219 g/mol. The minimum atomic E-state index is 0.985. The van der Waals surface area contributed by atoms with Crippen molar-refractivity contribution in [2.75, 3.05) is 6.54 Å². The fourth-order valence-corrected chi connectivity index (χ4v) is 2.87. The fourth-order valence-electron chi connectivity index (χ4n) is 2.87.